The zero-order chi connectivity index (χ0) is 10.2. The van der Waals surface area contributed by atoms with E-state index in [-0.39, 0.29) is 18.9 Å². The molecule has 3 nitrogen and oxygen atoms in total. The second kappa shape index (κ2) is 6.82. The molecule has 0 atom stereocenters. The van der Waals surface area contributed by atoms with Crippen molar-refractivity contribution >= 4 is 5.97 Å². The predicted molar refractivity (Wildman–Crippen MR) is 54.7 cm³/mol. The minimum atomic E-state index is -0.212. The minimum absolute atomic E-state index is 0.141. The van der Waals surface area contributed by atoms with Crippen molar-refractivity contribution in [2.75, 3.05) is 13.2 Å². The molecular formula is C11H20NO2. The summed E-state index contributed by atoms with van der Waals surface area (Å²) in [4.78, 5) is 10.9. The summed E-state index contributed by atoms with van der Waals surface area (Å²) in [6.07, 6.45) is 7.91. The van der Waals surface area contributed by atoms with Gasteiger partial charge in [0.2, 0.25) is 0 Å². The normalized spacial score (nSPS) is 18.1. The van der Waals surface area contributed by atoms with E-state index in [1.165, 1.54) is 32.1 Å². The summed E-state index contributed by atoms with van der Waals surface area (Å²) < 4.78 is 5.03. The summed E-state index contributed by atoms with van der Waals surface area (Å²) >= 11 is 0. The SMILES string of the molecule is [NH]CCC(=O)OCCC1CCCCC1. The van der Waals surface area contributed by atoms with E-state index in [1.807, 2.05) is 0 Å². The first kappa shape index (κ1) is 11.5. The third-order valence-electron chi connectivity index (χ3n) is 2.84. The number of hydrogen-bond acceptors (Lipinski definition) is 2. The van der Waals surface area contributed by atoms with Crippen LogP contribution in [-0.2, 0) is 9.53 Å². The monoisotopic (exact) mass is 198 g/mol. The molecule has 0 amide bonds. The topological polar surface area (TPSA) is 50.1 Å². The van der Waals surface area contributed by atoms with Crippen LogP contribution in [0, 0.1) is 5.92 Å². The highest BCUT2D eigenvalue weighted by atomic mass is 16.5. The van der Waals surface area contributed by atoms with Gasteiger partial charge < -0.3 is 4.74 Å². The Morgan fingerprint density at radius 3 is 2.64 bits per heavy atom. The summed E-state index contributed by atoms with van der Waals surface area (Å²) in [7, 11) is 0. The molecule has 0 unspecified atom stereocenters. The standard InChI is InChI=1S/C11H20NO2/c12-8-6-11(13)14-9-7-10-4-2-1-3-5-10/h10,12H,1-9H2. The predicted octanol–water partition coefficient (Wildman–Crippen LogP) is 2.17. The van der Waals surface area contributed by atoms with Crippen LogP contribution < -0.4 is 5.73 Å². The van der Waals surface area contributed by atoms with Crippen LogP contribution in [0.5, 0.6) is 0 Å². The zero-order valence-corrected chi connectivity index (χ0v) is 8.76. The number of carbonyl (C=O) groups excluding carboxylic acids is 1. The lowest BCUT2D eigenvalue weighted by Gasteiger charge is -2.20. The van der Waals surface area contributed by atoms with Gasteiger partial charge in [0.25, 0.3) is 0 Å². The molecule has 14 heavy (non-hydrogen) atoms. The van der Waals surface area contributed by atoms with Gasteiger partial charge in [-0.3, -0.25) is 10.5 Å². The fraction of sp³-hybridized carbons (Fsp3) is 0.909. The van der Waals surface area contributed by atoms with E-state index in [2.05, 4.69) is 0 Å². The summed E-state index contributed by atoms with van der Waals surface area (Å²) in [5.74, 6) is 0.559. The van der Waals surface area contributed by atoms with Gasteiger partial charge >= 0.3 is 5.97 Å². The first-order chi connectivity index (χ1) is 6.83. The summed E-state index contributed by atoms with van der Waals surface area (Å²) in [5, 5.41) is 0. The van der Waals surface area contributed by atoms with Gasteiger partial charge in [-0.25, -0.2) is 0 Å². The molecule has 1 radical (unpaired) electrons. The maximum absolute atomic E-state index is 10.9. The van der Waals surface area contributed by atoms with E-state index >= 15 is 0 Å². The largest absolute Gasteiger partial charge is 0.466 e. The molecule has 0 spiro atoms. The van der Waals surface area contributed by atoms with Crippen LogP contribution in [0.25, 0.3) is 0 Å². The summed E-state index contributed by atoms with van der Waals surface area (Å²) in [6.45, 7) is 0.700. The molecular weight excluding hydrogens is 178 g/mol. The van der Waals surface area contributed by atoms with Gasteiger partial charge in [0.05, 0.1) is 13.0 Å². The lowest BCUT2D eigenvalue weighted by atomic mass is 9.87. The third kappa shape index (κ3) is 4.61. The number of carbonyl (C=O) groups is 1. The number of hydrogen-bond donors (Lipinski definition) is 0. The Bertz CT molecular complexity index is 165. The van der Waals surface area contributed by atoms with Crippen LogP contribution >= 0.6 is 0 Å². The van der Waals surface area contributed by atoms with E-state index < -0.39 is 0 Å². The van der Waals surface area contributed by atoms with Gasteiger partial charge in [0.1, 0.15) is 0 Å². The van der Waals surface area contributed by atoms with Crippen molar-refractivity contribution in [1.82, 2.24) is 5.73 Å². The second-order valence-corrected chi connectivity index (χ2v) is 4.01. The smallest absolute Gasteiger partial charge is 0.307 e. The molecule has 0 heterocycles. The van der Waals surface area contributed by atoms with Gasteiger partial charge in [-0.05, 0) is 12.3 Å². The van der Waals surface area contributed by atoms with E-state index in [0.717, 1.165) is 12.3 Å². The van der Waals surface area contributed by atoms with Crippen molar-refractivity contribution in [3.05, 3.63) is 0 Å². The Kier molecular flexibility index (Phi) is 5.60. The number of esters is 1. The number of rotatable bonds is 5. The first-order valence-electron chi connectivity index (χ1n) is 5.63. The van der Waals surface area contributed by atoms with Crippen molar-refractivity contribution in [3.8, 4) is 0 Å². The van der Waals surface area contributed by atoms with Gasteiger partial charge in [-0.1, -0.05) is 32.1 Å². The van der Waals surface area contributed by atoms with Crippen molar-refractivity contribution in [2.24, 2.45) is 5.92 Å². The van der Waals surface area contributed by atoms with Crippen molar-refractivity contribution in [2.45, 2.75) is 44.9 Å². The molecule has 0 saturated heterocycles. The maximum Gasteiger partial charge on any atom is 0.307 e. The molecule has 1 saturated carbocycles. The lowest BCUT2D eigenvalue weighted by Crippen LogP contribution is -2.13. The maximum atomic E-state index is 10.9. The van der Waals surface area contributed by atoms with Crippen LogP contribution in [0.2, 0.25) is 0 Å². The fourth-order valence-corrected chi connectivity index (χ4v) is 1.99. The van der Waals surface area contributed by atoms with Crippen LogP contribution in [0.4, 0.5) is 0 Å². The molecule has 3 heteroatoms. The van der Waals surface area contributed by atoms with E-state index in [0.29, 0.717) is 6.61 Å². The van der Waals surface area contributed by atoms with Gasteiger partial charge in [0.15, 0.2) is 0 Å². The molecule has 1 aliphatic rings. The first-order valence-corrected chi connectivity index (χ1v) is 5.63. The molecule has 1 N–H and O–H groups in total. The highest BCUT2D eigenvalue weighted by Crippen LogP contribution is 2.26. The van der Waals surface area contributed by atoms with Crippen LogP contribution in [0.1, 0.15) is 44.9 Å². The Morgan fingerprint density at radius 2 is 2.00 bits per heavy atom. The third-order valence-corrected chi connectivity index (χ3v) is 2.84. The Balaban J connectivity index is 1.99. The zero-order valence-electron chi connectivity index (χ0n) is 8.76. The summed E-state index contributed by atoms with van der Waals surface area (Å²) in [5.41, 5.74) is 6.86. The van der Waals surface area contributed by atoms with Gasteiger partial charge in [-0.15, -0.1) is 0 Å². The number of nitrogens with one attached hydrogen (secondary N) is 1. The quantitative estimate of drug-likeness (QED) is 0.636. The average Bonchev–Trinajstić information content (AvgIpc) is 2.20. The molecule has 0 aliphatic heterocycles. The Labute approximate surface area is 86.0 Å². The van der Waals surface area contributed by atoms with E-state index in [4.69, 9.17) is 10.5 Å². The van der Waals surface area contributed by atoms with Crippen LogP contribution in [0.15, 0.2) is 0 Å². The average molecular weight is 198 g/mol. The number of ether oxygens (including phenoxy) is 1. The van der Waals surface area contributed by atoms with Crippen molar-refractivity contribution < 1.29 is 9.53 Å². The molecule has 0 aromatic carbocycles. The minimum Gasteiger partial charge on any atom is -0.466 e. The highest BCUT2D eigenvalue weighted by Gasteiger charge is 2.13. The lowest BCUT2D eigenvalue weighted by molar-refractivity contribution is -0.143. The van der Waals surface area contributed by atoms with Crippen LogP contribution in [-0.4, -0.2) is 19.1 Å². The molecule has 1 rings (SSSR count). The van der Waals surface area contributed by atoms with Gasteiger partial charge in [0, 0.05) is 6.54 Å². The van der Waals surface area contributed by atoms with E-state index in [9.17, 15) is 4.79 Å². The Hall–Kier alpha value is -0.570. The van der Waals surface area contributed by atoms with Crippen molar-refractivity contribution in [3.63, 3.8) is 0 Å². The molecule has 1 fully saturated rings. The summed E-state index contributed by atoms with van der Waals surface area (Å²) in [6, 6.07) is 0. The molecule has 1 aliphatic carbocycles. The molecule has 0 aromatic rings. The molecule has 0 aromatic heterocycles. The van der Waals surface area contributed by atoms with E-state index in [1.54, 1.807) is 0 Å². The second-order valence-electron chi connectivity index (χ2n) is 4.01. The molecule has 0 bridgehead atoms. The Morgan fingerprint density at radius 1 is 1.29 bits per heavy atom. The van der Waals surface area contributed by atoms with Crippen LogP contribution in [0.3, 0.4) is 0 Å². The van der Waals surface area contributed by atoms with Gasteiger partial charge in [-0.2, -0.15) is 0 Å². The molecule has 81 valence electrons. The van der Waals surface area contributed by atoms with Crippen molar-refractivity contribution in [1.29, 1.82) is 0 Å². The highest BCUT2D eigenvalue weighted by molar-refractivity contribution is 5.69. The fourth-order valence-electron chi connectivity index (χ4n) is 1.99.